The number of nitrogens with zero attached hydrogens (tertiary/aromatic N) is 4. The van der Waals surface area contributed by atoms with Crippen LogP contribution >= 0.6 is 0 Å². The maximum absolute atomic E-state index is 13.8. The van der Waals surface area contributed by atoms with Crippen molar-refractivity contribution < 1.29 is 13.7 Å². The van der Waals surface area contributed by atoms with Crippen LogP contribution in [0.4, 0.5) is 4.39 Å². The van der Waals surface area contributed by atoms with E-state index in [0.717, 1.165) is 12.8 Å². The number of carbonyl (C=O) groups excluding carboxylic acids is 1. The Hall–Kier alpha value is -3.13. The van der Waals surface area contributed by atoms with Crippen molar-refractivity contribution in [1.82, 2.24) is 25.3 Å². The Morgan fingerprint density at radius 3 is 2.68 bits per heavy atom. The lowest BCUT2D eigenvalue weighted by atomic mass is 10.0. The minimum atomic E-state index is -0.381. The molecule has 3 aromatic rings. The van der Waals surface area contributed by atoms with Crippen molar-refractivity contribution in [1.29, 1.82) is 0 Å². The van der Waals surface area contributed by atoms with Crippen LogP contribution in [0.2, 0.25) is 0 Å². The number of halogens is 1. The van der Waals surface area contributed by atoms with Gasteiger partial charge in [-0.3, -0.25) is 9.78 Å². The molecule has 144 valence electrons. The zero-order valence-electron chi connectivity index (χ0n) is 15.2. The Kier molecular flexibility index (Phi) is 5.38. The molecule has 1 saturated heterocycles. The second-order valence-corrected chi connectivity index (χ2v) is 6.67. The first-order valence-electron chi connectivity index (χ1n) is 9.21. The molecule has 0 aliphatic carbocycles. The molecule has 4 rings (SSSR count). The largest absolute Gasteiger partial charge is 0.339 e. The average Bonchev–Trinajstić information content (AvgIpc) is 3.22. The SMILES string of the molecule is O=C(c1ccncc1)N1CCC(NCc2nc(-c3ccccc3F)no2)CC1. The van der Waals surface area contributed by atoms with E-state index < -0.39 is 0 Å². The van der Waals surface area contributed by atoms with Gasteiger partial charge < -0.3 is 14.7 Å². The van der Waals surface area contributed by atoms with Crippen LogP contribution in [0, 0.1) is 5.82 Å². The summed E-state index contributed by atoms with van der Waals surface area (Å²) in [5.41, 5.74) is 0.980. The zero-order valence-corrected chi connectivity index (χ0v) is 15.2. The van der Waals surface area contributed by atoms with Gasteiger partial charge in [0.1, 0.15) is 5.82 Å². The van der Waals surface area contributed by atoms with E-state index in [1.807, 2.05) is 4.90 Å². The Labute approximate surface area is 161 Å². The first-order chi connectivity index (χ1) is 13.7. The summed E-state index contributed by atoms with van der Waals surface area (Å²) >= 11 is 0. The van der Waals surface area contributed by atoms with Gasteiger partial charge in [0.25, 0.3) is 5.91 Å². The van der Waals surface area contributed by atoms with Crippen molar-refractivity contribution in [3.8, 4) is 11.4 Å². The van der Waals surface area contributed by atoms with Gasteiger partial charge in [0, 0.05) is 37.1 Å². The Bertz CT molecular complexity index is 939. The standard InChI is InChI=1S/C20H20FN5O2/c21-17-4-2-1-3-16(17)19-24-18(28-25-19)13-23-15-7-11-26(12-8-15)20(27)14-5-9-22-10-6-14/h1-6,9-10,15,23H,7-8,11-13H2. The summed E-state index contributed by atoms with van der Waals surface area (Å²) in [6, 6.07) is 10.0. The third kappa shape index (κ3) is 4.07. The topological polar surface area (TPSA) is 84.2 Å². The van der Waals surface area contributed by atoms with Crippen LogP contribution in [0.15, 0.2) is 53.3 Å². The number of rotatable bonds is 5. The summed E-state index contributed by atoms with van der Waals surface area (Å²) in [4.78, 5) is 22.5. The van der Waals surface area contributed by atoms with E-state index in [1.54, 1.807) is 42.7 Å². The highest BCUT2D eigenvalue weighted by Crippen LogP contribution is 2.19. The molecular formula is C20H20FN5O2. The molecule has 1 aromatic carbocycles. The molecule has 0 radical (unpaired) electrons. The lowest BCUT2D eigenvalue weighted by molar-refractivity contribution is 0.0703. The Morgan fingerprint density at radius 2 is 1.93 bits per heavy atom. The van der Waals surface area contributed by atoms with Crippen molar-refractivity contribution in [2.24, 2.45) is 0 Å². The molecule has 1 amide bonds. The Morgan fingerprint density at radius 1 is 1.18 bits per heavy atom. The number of hydrogen-bond donors (Lipinski definition) is 1. The molecule has 1 fully saturated rings. The quantitative estimate of drug-likeness (QED) is 0.732. The lowest BCUT2D eigenvalue weighted by Crippen LogP contribution is -2.44. The lowest BCUT2D eigenvalue weighted by Gasteiger charge is -2.32. The van der Waals surface area contributed by atoms with Gasteiger partial charge in [-0.25, -0.2) is 4.39 Å². The van der Waals surface area contributed by atoms with E-state index in [2.05, 4.69) is 20.4 Å². The molecule has 28 heavy (non-hydrogen) atoms. The van der Waals surface area contributed by atoms with E-state index >= 15 is 0 Å². The molecule has 0 saturated carbocycles. The molecule has 3 heterocycles. The highest BCUT2D eigenvalue weighted by molar-refractivity contribution is 5.94. The molecular weight excluding hydrogens is 361 g/mol. The fraction of sp³-hybridized carbons (Fsp3) is 0.300. The summed E-state index contributed by atoms with van der Waals surface area (Å²) < 4.78 is 19.0. The van der Waals surface area contributed by atoms with Gasteiger partial charge in [0.2, 0.25) is 11.7 Å². The molecule has 1 aliphatic heterocycles. The smallest absolute Gasteiger partial charge is 0.253 e. The van der Waals surface area contributed by atoms with Crippen LogP contribution in [0.5, 0.6) is 0 Å². The molecule has 1 N–H and O–H groups in total. The number of pyridine rings is 1. The number of carbonyl (C=O) groups is 1. The van der Waals surface area contributed by atoms with Gasteiger partial charge in [-0.1, -0.05) is 17.3 Å². The second kappa shape index (κ2) is 8.26. The molecule has 0 spiro atoms. The van der Waals surface area contributed by atoms with Gasteiger partial charge in [0.15, 0.2) is 0 Å². The van der Waals surface area contributed by atoms with Gasteiger partial charge >= 0.3 is 0 Å². The van der Waals surface area contributed by atoms with Crippen LogP contribution in [-0.4, -0.2) is 45.1 Å². The minimum Gasteiger partial charge on any atom is -0.339 e. The summed E-state index contributed by atoms with van der Waals surface area (Å²) in [5, 5.41) is 7.23. The van der Waals surface area contributed by atoms with Gasteiger partial charge in [0.05, 0.1) is 12.1 Å². The molecule has 8 heteroatoms. The van der Waals surface area contributed by atoms with Crippen molar-refractivity contribution in [2.75, 3.05) is 13.1 Å². The first-order valence-corrected chi connectivity index (χ1v) is 9.21. The van der Waals surface area contributed by atoms with Gasteiger partial charge in [-0.05, 0) is 37.1 Å². The van der Waals surface area contributed by atoms with Crippen LogP contribution in [0.3, 0.4) is 0 Å². The van der Waals surface area contributed by atoms with E-state index in [1.165, 1.54) is 6.07 Å². The molecule has 7 nitrogen and oxygen atoms in total. The van der Waals surface area contributed by atoms with Gasteiger partial charge in [-0.2, -0.15) is 4.98 Å². The summed E-state index contributed by atoms with van der Waals surface area (Å²) in [5.74, 6) is 0.308. The van der Waals surface area contributed by atoms with Crippen molar-refractivity contribution in [3.05, 3.63) is 66.1 Å². The zero-order chi connectivity index (χ0) is 19.3. The normalized spacial score (nSPS) is 15.0. The highest BCUT2D eigenvalue weighted by Gasteiger charge is 2.24. The number of hydrogen-bond acceptors (Lipinski definition) is 6. The maximum Gasteiger partial charge on any atom is 0.253 e. The predicted octanol–water partition coefficient (Wildman–Crippen LogP) is 2.67. The van der Waals surface area contributed by atoms with E-state index in [9.17, 15) is 9.18 Å². The molecule has 0 bridgehead atoms. The number of amides is 1. The number of nitrogens with one attached hydrogen (secondary N) is 1. The fourth-order valence-corrected chi connectivity index (χ4v) is 3.27. The van der Waals surface area contributed by atoms with Crippen LogP contribution < -0.4 is 5.32 Å². The van der Waals surface area contributed by atoms with E-state index in [0.29, 0.717) is 36.7 Å². The average molecular weight is 381 g/mol. The molecule has 1 aliphatic rings. The number of likely N-dealkylation sites (tertiary alicyclic amines) is 1. The Balaban J connectivity index is 1.28. The molecule has 0 atom stereocenters. The van der Waals surface area contributed by atoms with Crippen LogP contribution in [-0.2, 0) is 6.54 Å². The summed E-state index contributed by atoms with van der Waals surface area (Å²) in [6.45, 7) is 1.77. The predicted molar refractivity (Wildman–Crippen MR) is 99.7 cm³/mol. The monoisotopic (exact) mass is 381 g/mol. The van der Waals surface area contributed by atoms with E-state index in [-0.39, 0.29) is 23.6 Å². The molecule has 0 unspecified atom stereocenters. The summed E-state index contributed by atoms with van der Waals surface area (Å²) in [7, 11) is 0. The summed E-state index contributed by atoms with van der Waals surface area (Å²) in [6.07, 6.45) is 4.93. The van der Waals surface area contributed by atoms with Crippen LogP contribution in [0.25, 0.3) is 11.4 Å². The molecule has 2 aromatic heterocycles. The fourth-order valence-electron chi connectivity index (χ4n) is 3.27. The van der Waals surface area contributed by atoms with Gasteiger partial charge in [-0.15, -0.1) is 0 Å². The third-order valence-electron chi connectivity index (χ3n) is 4.83. The van der Waals surface area contributed by atoms with Crippen molar-refractivity contribution in [2.45, 2.75) is 25.4 Å². The minimum absolute atomic E-state index is 0.0345. The maximum atomic E-state index is 13.8. The number of aromatic nitrogens is 3. The van der Waals surface area contributed by atoms with Crippen molar-refractivity contribution in [3.63, 3.8) is 0 Å². The second-order valence-electron chi connectivity index (χ2n) is 6.67. The van der Waals surface area contributed by atoms with Crippen LogP contribution in [0.1, 0.15) is 29.1 Å². The highest BCUT2D eigenvalue weighted by atomic mass is 19.1. The first kappa shape index (κ1) is 18.2. The van der Waals surface area contributed by atoms with E-state index in [4.69, 9.17) is 4.52 Å². The number of piperidine rings is 1. The van der Waals surface area contributed by atoms with Crippen molar-refractivity contribution >= 4 is 5.91 Å². The third-order valence-corrected chi connectivity index (χ3v) is 4.83. The number of benzene rings is 1.